The molecule has 0 amide bonds. The molecule has 72 valence electrons. The molecule has 2 N–H and O–H groups in total. The average molecular weight is 206 g/mol. The Morgan fingerprint density at radius 3 is 2.57 bits per heavy atom. The molecule has 4 heteroatoms. The van der Waals surface area contributed by atoms with Gasteiger partial charge in [0.2, 0.25) is 0 Å². The lowest BCUT2D eigenvalue weighted by molar-refractivity contribution is 0.425. The van der Waals surface area contributed by atoms with Crippen molar-refractivity contribution >= 4 is 34.0 Å². The predicted octanol–water partition coefficient (Wildman–Crippen LogP) is 1.20. The van der Waals surface area contributed by atoms with Gasteiger partial charge in [0.25, 0.3) is 0 Å². The fourth-order valence-corrected chi connectivity index (χ4v) is 2.73. The third-order valence-electron chi connectivity index (χ3n) is 2.50. The summed E-state index contributed by atoms with van der Waals surface area (Å²) >= 11 is 1.65. The molecule has 1 aromatic carbocycles. The number of thiophene rings is 1. The minimum Gasteiger partial charge on any atom is -0.423 e. The monoisotopic (exact) mass is 206 g/mol. The van der Waals surface area contributed by atoms with Gasteiger partial charge in [-0.25, -0.2) is 0 Å². The molecule has 0 aliphatic rings. The molecular weight excluding hydrogens is 195 g/mol. The maximum atomic E-state index is 9.13. The second-order valence-corrected chi connectivity index (χ2v) is 4.33. The van der Waals surface area contributed by atoms with Gasteiger partial charge in [0.1, 0.15) is 0 Å². The van der Waals surface area contributed by atoms with Gasteiger partial charge in [-0.05, 0) is 41.2 Å². The van der Waals surface area contributed by atoms with Crippen LogP contribution >= 0.6 is 11.3 Å². The van der Waals surface area contributed by atoms with Gasteiger partial charge in [-0.1, -0.05) is 12.1 Å². The largest absolute Gasteiger partial charge is 0.488 e. The molecule has 0 atom stereocenters. The lowest BCUT2D eigenvalue weighted by Crippen LogP contribution is -2.31. The van der Waals surface area contributed by atoms with Crippen LogP contribution in [0, 0.1) is 13.8 Å². The molecule has 14 heavy (non-hydrogen) atoms. The Morgan fingerprint density at radius 2 is 1.93 bits per heavy atom. The first-order chi connectivity index (χ1) is 6.61. The lowest BCUT2D eigenvalue weighted by atomic mass is 9.77. The number of benzene rings is 1. The highest BCUT2D eigenvalue weighted by Crippen LogP contribution is 2.27. The molecule has 0 saturated heterocycles. The van der Waals surface area contributed by atoms with Crippen LogP contribution in [0.5, 0.6) is 0 Å². The Hall–Kier alpha value is -0.835. The SMILES string of the molecule is Cc1csc2c(C)c(B(O)O)ccc12. The minimum atomic E-state index is -1.37. The molecule has 2 rings (SSSR count). The highest BCUT2D eigenvalue weighted by atomic mass is 32.1. The molecule has 2 nitrogen and oxygen atoms in total. The number of hydrogen-bond acceptors (Lipinski definition) is 3. The van der Waals surface area contributed by atoms with E-state index in [1.165, 1.54) is 10.9 Å². The zero-order valence-corrected chi connectivity index (χ0v) is 8.93. The Labute approximate surface area is 87.0 Å². The fraction of sp³-hybridized carbons (Fsp3) is 0.200. The first kappa shape index (κ1) is 9.71. The summed E-state index contributed by atoms with van der Waals surface area (Å²) in [6.07, 6.45) is 0. The number of aryl methyl sites for hydroxylation is 2. The van der Waals surface area contributed by atoms with E-state index in [1.807, 2.05) is 13.0 Å². The van der Waals surface area contributed by atoms with E-state index in [2.05, 4.69) is 12.3 Å². The van der Waals surface area contributed by atoms with Crippen molar-refractivity contribution in [2.45, 2.75) is 13.8 Å². The summed E-state index contributed by atoms with van der Waals surface area (Å²) in [6.45, 7) is 3.99. The van der Waals surface area contributed by atoms with Crippen molar-refractivity contribution in [1.29, 1.82) is 0 Å². The summed E-state index contributed by atoms with van der Waals surface area (Å²) in [5.74, 6) is 0. The Kier molecular flexibility index (Phi) is 2.35. The van der Waals surface area contributed by atoms with Gasteiger partial charge in [0, 0.05) is 4.70 Å². The van der Waals surface area contributed by atoms with Gasteiger partial charge in [0.15, 0.2) is 0 Å². The molecule has 0 spiro atoms. The van der Waals surface area contributed by atoms with Gasteiger partial charge in [-0.3, -0.25) is 0 Å². The second-order valence-electron chi connectivity index (χ2n) is 3.45. The molecule has 0 bridgehead atoms. The smallest absolute Gasteiger partial charge is 0.423 e. The van der Waals surface area contributed by atoms with E-state index >= 15 is 0 Å². The summed E-state index contributed by atoms with van der Waals surface area (Å²) < 4.78 is 1.15. The van der Waals surface area contributed by atoms with Gasteiger partial charge in [-0.2, -0.15) is 0 Å². The van der Waals surface area contributed by atoms with Crippen LogP contribution in [0.3, 0.4) is 0 Å². The standard InChI is InChI=1S/C10H11BO2S/c1-6-5-14-10-7(2)9(11(12)13)4-3-8(6)10/h3-5,12-13H,1-2H3. The number of hydrogen-bond donors (Lipinski definition) is 2. The van der Waals surface area contributed by atoms with Crippen molar-refractivity contribution in [3.05, 3.63) is 28.6 Å². The highest BCUT2D eigenvalue weighted by Gasteiger charge is 2.16. The molecule has 0 aliphatic heterocycles. The summed E-state index contributed by atoms with van der Waals surface area (Å²) in [5.41, 5.74) is 2.81. The number of fused-ring (bicyclic) bond motifs is 1. The van der Waals surface area contributed by atoms with E-state index < -0.39 is 7.12 Å². The van der Waals surface area contributed by atoms with E-state index in [0.717, 1.165) is 10.3 Å². The maximum absolute atomic E-state index is 9.13. The third-order valence-corrected chi connectivity index (χ3v) is 3.74. The quantitative estimate of drug-likeness (QED) is 0.688. The minimum absolute atomic E-state index is 0.597. The maximum Gasteiger partial charge on any atom is 0.488 e. The molecule has 0 aliphatic carbocycles. The molecule has 0 radical (unpaired) electrons. The van der Waals surface area contributed by atoms with Crippen molar-refractivity contribution in [2.24, 2.45) is 0 Å². The summed E-state index contributed by atoms with van der Waals surface area (Å²) in [5, 5.41) is 21.6. The first-order valence-corrected chi connectivity index (χ1v) is 5.32. The Morgan fingerprint density at radius 1 is 1.21 bits per heavy atom. The second kappa shape index (κ2) is 3.39. The third kappa shape index (κ3) is 1.36. The molecule has 1 heterocycles. The summed E-state index contributed by atoms with van der Waals surface area (Å²) in [6, 6.07) is 3.73. The van der Waals surface area contributed by atoms with E-state index in [9.17, 15) is 0 Å². The van der Waals surface area contributed by atoms with Crippen molar-refractivity contribution in [3.8, 4) is 0 Å². The normalized spacial score (nSPS) is 10.9. The lowest BCUT2D eigenvalue weighted by Gasteiger charge is -2.05. The number of rotatable bonds is 1. The van der Waals surface area contributed by atoms with Crippen LogP contribution in [0.15, 0.2) is 17.5 Å². The van der Waals surface area contributed by atoms with E-state index in [4.69, 9.17) is 10.0 Å². The highest BCUT2D eigenvalue weighted by molar-refractivity contribution is 7.17. The van der Waals surface area contributed by atoms with Crippen molar-refractivity contribution in [2.75, 3.05) is 0 Å². The Balaban J connectivity index is 2.76. The average Bonchev–Trinajstić information content (AvgIpc) is 2.49. The molecule has 0 unspecified atom stereocenters. The van der Waals surface area contributed by atoms with E-state index in [1.54, 1.807) is 17.4 Å². The zero-order chi connectivity index (χ0) is 10.3. The van der Waals surface area contributed by atoms with Gasteiger partial charge >= 0.3 is 7.12 Å². The van der Waals surface area contributed by atoms with Crippen LogP contribution in [0.4, 0.5) is 0 Å². The molecule has 2 aromatic rings. The molecule has 0 saturated carbocycles. The van der Waals surface area contributed by atoms with E-state index in [0.29, 0.717) is 5.46 Å². The van der Waals surface area contributed by atoms with Crippen LogP contribution in [0.1, 0.15) is 11.1 Å². The topological polar surface area (TPSA) is 40.5 Å². The summed E-state index contributed by atoms with van der Waals surface area (Å²) in [4.78, 5) is 0. The molecule has 1 aromatic heterocycles. The van der Waals surface area contributed by atoms with Crippen LogP contribution in [0.2, 0.25) is 0 Å². The summed E-state index contributed by atoms with van der Waals surface area (Å²) in [7, 11) is -1.37. The molecular formula is C10H11BO2S. The van der Waals surface area contributed by atoms with Gasteiger partial charge < -0.3 is 10.0 Å². The van der Waals surface area contributed by atoms with Crippen LogP contribution in [-0.4, -0.2) is 17.2 Å². The van der Waals surface area contributed by atoms with Gasteiger partial charge in [0.05, 0.1) is 0 Å². The molecule has 0 fully saturated rings. The van der Waals surface area contributed by atoms with Crippen molar-refractivity contribution < 1.29 is 10.0 Å². The van der Waals surface area contributed by atoms with Crippen LogP contribution < -0.4 is 5.46 Å². The Bertz CT molecular complexity index is 476. The van der Waals surface area contributed by atoms with Crippen molar-refractivity contribution in [1.82, 2.24) is 0 Å². The van der Waals surface area contributed by atoms with Crippen LogP contribution in [0.25, 0.3) is 10.1 Å². The van der Waals surface area contributed by atoms with Crippen LogP contribution in [-0.2, 0) is 0 Å². The van der Waals surface area contributed by atoms with Gasteiger partial charge in [-0.15, -0.1) is 11.3 Å². The predicted molar refractivity (Wildman–Crippen MR) is 61.1 cm³/mol. The first-order valence-electron chi connectivity index (χ1n) is 4.44. The van der Waals surface area contributed by atoms with Crippen molar-refractivity contribution in [3.63, 3.8) is 0 Å². The fourth-order valence-electron chi connectivity index (χ4n) is 1.66. The van der Waals surface area contributed by atoms with E-state index in [-0.39, 0.29) is 0 Å². The zero-order valence-electron chi connectivity index (χ0n) is 8.11.